The molecule has 0 aliphatic heterocycles. The second kappa shape index (κ2) is 5.73. The van der Waals surface area contributed by atoms with E-state index in [-0.39, 0.29) is 6.04 Å². The molecule has 1 aromatic carbocycles. The minimum atomic E-state index is -0.613. The molecule has 1 aromatic heterocycles. The minimum absolute atomic E-state index is 0.372. The van der Waals surface area contributed by atoms with Crippen molar-refractivity contribution in [2.45, 2.75) is 33.2 Å². The van der Waals surface area contributed by atoms with Crippen molar-refractivity contribution in [1.29, 1.82) is 0 Å². The predicted octanol–water partition coefficient (Wildman–Crippen LogP) is 2.01. The molecule has 3 N–H and O–H groups in total. The van der Waals surface area contributed by atoms with Gasteiger partial charge in [-0.3, -0.25) is 0 Å². The van der Waals surface area contributed by atoms with Crippen molar-refractivity contribution < 1.29 is 9.32 Å². The van der Waals surface area contributed by atoms with Crippen LogP contribution in [0.25, 0.3) is 0 Å². The number of urea groups is 1. The van der Waals surface area contributed by atoms with Crippen LogP contribution in [0.15, 0.2) is 22.7 Å². The topological polar surface area (TPSA) is 94.0 Å². The smallest absolute Gasteiger partial charge is 0.312 e. The number of hydrogen-bond donors (Lipinski definition) is 2. The third-order valence-corrected chi connectivity index (χ3v) is 3.08. The molecule has 6 nitrogen and oxygen atoms in total. The van der Waals surface area contributed by atoms with Crippen LogP contribution in [-0.2, 0) is 6.42 Å². The van der Waals surface area contributed by atoms with Gasteiger partial charge in [-0.15, -0.1) is 0 Å². The van der Waals surface area contributed by atoms with Gasteiger partial charge in [0.25, 0.3) is 0 Å². The molecule has 106 valence electrons. The molecule has 20 heavy (non-hydrogen) atoms. The average molecular weight is 274 g/mol. The Morgan fingerprint density at radius 2 is 2.20 bits per heavy atom. The maximum atomic E-state index is 10.8. The summed E-state index contributed by atoms with van der Waals surface area (Å²) in [4.78, 5) is 15.1. The molecule has 0 fully saturated rings. The number of benzene rings is 1. The number of aryl methyl sites for hydroxylation is 2. The summed E-state index contributed by atoms with van der Waals surface area (Å²) in [6.45, 7) is 5.83. The lowest BCUT2D eigenvalue weighted by Gasteiger charge is -2.06. The van der Waals surface area contributed by atoms with Gasteiger partial charge in [0.1, 0.15) is 0 Å². The van der Waals surface area contributed by atoms with Gasteiger partial charge in [0.2, 0.25) is 5.89 Å². The highest BCUT2D eigenvalue weighted by molar-refractivity contribution is 5.71. The first-order valence-corrected chi connectivity index (χ1v) is 6.40. The highest BCUT2D eigenvalue weighted by Gasteiger charge is 2.15. The number of rotatable bonds is 4. The zero-order valence-corrected chi connectivity index (χ0v) is 11.8. The monoisotopic (exact) mass is 274 g/mol. The second-order valence-corrected chi connectivity index (χ2v) is 4.88. The van der Waals surface area contributed by atoms with Gasteiger partial charge in [-0.1, -0.05) is 28.9 Å². The first-order chi connectivity index (χ1) is 9.45. The number of carbonyl (C=O) groups excluding carboxylic acids is 1. The van der Waals surface area contributed by atoms with Crippen LogP contribution in [-0.4, -0.2) is 16.2 Å². The van der Waals surface area contributed by atoms with E-state index < -0.39 is 6.03 Å². The van der Waals surface area contributed by atoms with E-state index in [0.29, 0.717) is 18.1 Å². The Kier molecular flexibility index (Phi) is 4.02. The summed E-state index contributed by atoms with van der Waals surface area (Å²) in [6, 6.07) is 5.25. The maximum absolute atomic E-state index is 10.8. The number of nitrogens with one attached hydrogen (secondary N) is 1. The first kappa shape index (κ1) is 14.0. The van der Waals surface area contributed by atoms with E-state index in [1.54, 1.807) is 6.92 Å². The third-order valence-electron chi connectivity index (χ3n) is 3.08. The van der Waals surface area contributed by atoms with Crippen LogP contribution in [0.5, 0.6) is 0 Å². The van der Waals surface area contributed by atoms with Crippen molar-refractivity contribution in [2.24, 2.45) is 5.73 Å². The van der Waals surface area contributed by atoms with Gasteiger partial charge in [-0.05, 0) is 31.9 Å². The fourth-order valence-electron chi connectivity index (χ4n) is 1.95. The summed E-state index contributed by atoms with van der Waals surface area (Å²) < 4.78 is 5.21. The number of hydrogen-bond acceptors (Lipinski definition) is 4. The average Bonchev–Trinajstić information content (AvgIpc) is 2.82. The van der Waals surface area contributed by atoms with Crippen LogP contribution < -0.4 is 11.1 Å². The minimum Gasteiger partial charge on any atom is -0.352 e. The summed E-state index contributed by atoms with van der Waals surface area (Å²) in [5.74, 6) is 0.941. The normalized spacial score (nSPS) is 12.2. The van der Waals surface area contributed by atoms with Gasteiger partial charge < -0.3 is 15.6 Å². The van der Waals surface area contributed by atoms with Crippen molar-refractivity contribution in [1.82, 2.24) is 15.5 Å². The van der Waals surface area contributed by atoms with Gasteiger partial charge in [0.15, 0.2) is 5.82 Å². The number of amides is 2. The van der Waals surface area contributed by atoms with Crippen molar-refractivity contribution in [3.05, 3.63) is 46.6 Å². The molecule has 6 heteroatoms. The molecule has 0 saturated carbocycles. The van der Waals surface area contributed by atoms with E-state index in [4.69, 9.17) is 10.3 Å². The van der Waals surface area contributed by atoms with Gasteiger partial charge in [-0.2, -0.15) is 4.98 Å². The summed E-state index contributed by atoms with van der Waals surface area (Å²) in [7, 11) is 0. The number of primary amides is 1. The van der Waals surface area contributed by atoms with Crippen molar-refractivity contribution >= 4 is 6.03 Å². The van der Waals surface area contributed by atoms with Crippen LogP contribution >= 0.6 is 0 Å². The van der Waals surface area contributed by atoms with E-state index in [9.17, 15) is 4.79 Å². The number of carbonyl (C=O) groups is 1. The molecular weight excluding hydrogens is 256 g/mol. The quantitative estimate of drug-likeness (QED) is 0.891. The van der Waals surface area contributed by atoms with E-state index in [1.165, 1.54) is 11.1 Å². The lowest BCUT2D eigenvalue weighted by molar-refractivity contribution is 0.245. The van der Waals surface area contributed by atoms with Gasteiger partial charge >= 0.3 is 6.03 Å². The van der Waals surface area contributed by atoms with Crippen molar-refractivity contribution in [2.75, 3.05) is 0 Å². The molecule has 0 saturated heterocycles. The Bertz CT molecular complexity index is 621. The highest BCUT2D eigenvalue weighted by Crippen LogP contribution is 2.16. The molecule has 2 rings (SSSR count). The number of nitrogens with two attached hydrogens (primary N) is 1. The molecule has 0 unspecified atom stereocenters. The molecule has 0 aliphatic carbocycles. The number of aromatic nitrogens is 2. The zero-order valence-electron chi connectivity index (χ0n) is 11.8. The molecule has 2 aromatic rings. The molecule has 0 aliphatic rings. The van der Waals surface area contributed by atoms with E-state index in [0.717, 1.165) is 5.56 Å². The Morgan fingerprint density at radius 3 is 2.90 bits per heavy atom. The van der Waals surface area contributed by atoms with Gasteiger partial charge in [0, 0.05) is 0 Å². The van der Waals surface area contributed by atoms with Crippen LogP contribution in [0.2, 0.25) is 0 Å². The number of nitrogens with zero attached hydrogens (tertiary/aromatic N) is 2. The second-order valence-electron chi connectivity index (χ2n) is 4.88. The van der Waals surface area contributed by atoms with Crippen LogP contribution in [0.3, 0.4) is 0 Å². The zero-order chi connectivity index (χ0) is 14.7. The molecule has 0 radical (unpaired) electrons. The van der Waals surface area contributed by atoms with Crippen molar-refractivity contribution in [3.63, 3.8) is 0 Å². The summed E-state index contributed by atoms with van der Waals surface area (Å²) >= 11 is 0. The SMILES string of the molecule is Cc1ccc(C)c(Cc2nc([C@@H](C)NC(N)=O)no2)c1. The third kappa shape index (κ3) is 3.34. The summed E-state index contributed by atoms with van der Waals surface area (Å²) in [5.41, 5.74) is 8.58. The Morgan fingerprint density at radius 1 is 1.45 bits per heavy atom. The molecular formula is C14H18N4O2. The van der Waals surface area contributed by atoms with Crippen LogP contribution in [0.4, 0.5) is 4.79 Å². The Hall–Kier alpha value is -2.37. The van der Waals surface area contributed by atoms with Gasteiger partial charge in [-0.25, -0.2) is 4.79 Å². The standard InChI is InChI=1S/C14H18N4O2/c1-8-4-5-9(2)11(6-8)7-12-17-13(18-20-12)10(3)16-14(15)19/h4-6,10H,7H2,1-3H3,(H3,15,16,19)/t10-/m1/s1. The Balaban J connectivity index is 2.13. The molecule has 1 atom stereocenters. The predicted molar refractivity (Wildman–Crippen MR) is 74.2 cm³/mol. The first-order valence-electron chi connectivity index (χ1n) is 6.40. The molecule has 0 bridgehead atoms. The summed E-state index contributed by atoms with van der Waals surface area (Å²) in [5, 5.41) is 6.37. The van der Waals surface area contributed by atoms with Crippen LogP contribution in [0.1, 0.15) is 41.4 Å². The van der Waals surface area contributed by atoms with E-state index in [1.807, 2.05) is 13.8 Å². The lowest BCUT2D eigenvalue weighted by atomic mass is 10.0. The van der Waals surface area contributed by atoms with E-state index in [2.05, 4.69) is 33.7 Å². The fourth-order valence-corrected chi connectivity index (χ4v) is 1.95. The van der Waals surface area contributed by atoms with Crippen LogP contribution in [0, 0.1) is 13.8 Å². The summed E-state index contributed by atoms with van der Waals surface area (Å²) in [6.07, 6.45) is 0.573. The lowest BCUT2D eigenvalue weighted by Crippen LogP contribution is -2.32. The molecule has 1 heterocycles. The van der Waals surface area contributed by atoms with Crippen molar-refractivity contribution in [3.8, 4) is 0 Å². The largest absolute Gasteiger partial charge is 0.352 e. The molecule has 0 spiro atoms. The fraction of sp³-hybridized carbons (Fsp3) is 0.357. The maximum Gasteiger partial charge on any atom is 0.312 e. The highest BCUT2D eigenvalue weighted by atomic mass is 16.5. The van der Waals surface area contributed by atoms with Gasteiger partial charge in [0.05, 0.1) is 12.5 Å². The molecule has 2 amide bonds. The van der Waals surface area contributed by atoms with E-state index >= 15 is 0 Å². The Labute approximate surface area is 117 Å².